The Kier molecular flexibility index (Phi) is 4.30. The molecule has 4 nitrogen and oxygen atoms in total. The molecule has 1 aliphatic heterocycles. The van der Waals surface area contributed by atoms with Crippen molar-refractivity contribution in [3.05, 3.63) is 35.9 Å². The fourth-order valence-electron chi connectivity index (χ4n) is 3.48. The van der Waals surface area contributed by atoms with Crippen LogP contribution in [0.15, 0.2) is 30.3 Å². The first-order valence-electron chi connectivity index (χ1n) is 8.12. The number of benzene rings is 1. The summed E-state index contributed by atoms with van der Waals surface area (Å²) >= 11 is 0. The number of carbonyl (C=O) groups excluding carboxylic acids is 2. The average Bonchev–Trinajstić information content (AvgIpc) is 3.06. The lowest BCUT2D eigenvalue weighted by Gasteiger charge is -2.28. The molecular weight excluding hydrogens is 278 g/mol. The number of likely N-dealkylation sites (tertiary alicyclic amines) is 1. The first-order chi connectivity index (χ1) is 10.6. The Morgan fingerprint density at radius 1 is 1.05 bits per heavy atom. The molecule has 0 N–H and O–H groups in total. The third-order valence-electron chi connectivity index (χ3n) is 5.06. The molecule has 0 bridgehead atoms. The minimum atomic E-state index is -0.206. The zero-order chi connectivity index (χ0) is 15.7. The lowest BCUT2D eigenvalue weighted by Crippen LogP contribution is -2.45. The number of nitrogens with zero attached hydrogens (tertiary/aromatic N) is 1. The third kappa shape index (κ3) is 2.68. The lowest BCUT2D eigenvalue weighted by molar-refractivity contribution is -0.146. The van der Waals surface area contributed by atoms with Crippen molar-refractivity contribution < 1.29 is 14.3 Å². The maximum atomic E-state index is 12.4. The molecule has 118 valence electrons. The van der Waals surface area contributed by atoms with Crippen LogP contribution in [-0.2, 0) is 20.9 Å². The summed E-state index contributed by atoms with van der Waals surface area (Å²) in [6.45, 7) is 4.22. The van der Waals surface area contributed by atoms with Crippen molar-refractivity contribution in [1.82, 2.24) is 4.90 Å². The number of imide groups is 1. The largest absolute Gasteiger partial charge is 0.371 e. The summed E-state index contributed by atoms with van der Waals surface area (Å²) in [5.41, 5.74) is 1.12. The van der Waals surface area contributed by atoms with Gasteiger partial charge in [-0.25, -0.2) is 0 Å². The minimum Gasteiger partial charge on any atom is -0.371 e. The zero-order valence-electron chi connectivity index (χ0n) is 13.2. The molecule has 1 aromatic rings. The van der Waals surface area contributed by atoms with E-state index < -0.39 is 0 Å². The van der Waals surface area contributed by atoms with E-state index in [1.54, 1.807) is 0 Å². The molecule has 1 heterocycles. The molecule has 2 unspecified atom stereocenters. The Bertz CT molecular complexity index is 537. The molecule has 2 aliphatic rings. The summed E-state index contributed by atoms with van der Waals surface area (Å²) in [7, 11) is 0. The topological polar surface area (TPSA) is 46.6 Å². The van der Waals surface area contributed by atoms with Gasteiger partial charge in [-0.3, -0.25) is 14.5 Å². The van der Waals surface area contributed by atoms with Gasteiger partial charge in [0.05, 0.1) is 18.8 Å². The Hall–Kier alpha value is -1.68. The predicted octanol–water partition coefficient (Wildman–Crippen LogP) is 2.77. The Balaban J connectivity index is 1.68. The first kappa shape index (κ1) is 15.2. The van der Waals surface area contributed by atoms with Crippen LogP contribution in [0.25, 0.3) is 0 Å². The highest BCUT2D eigenvalue weighted by Gasteiger charge is 2.48. The maximum Gasteiger partial charge on any atom is 0.233 e. The fraction of sp³-hybridized carbons (Fsp3) is 0.556. The van der Waals surface area contributed by atoms with Crippen LogP contribution in [0.3, 0.4) is 0 Å². The van der Waals surface area contributed by atoms with E-state index >= 15 is 0 Å². The van der Waals surface area contributed by atoms with Crippen molar-refractivity contribution in [2.24, 2.45) is 11.8 Å². The number of rotatable bonds is 4. The van der Waals surface area contributed by atoms with Gasteiger partial charge in [0, 0.05) is 11.8 Å². The van der Waals surface area contributed by atoms with Crippen LogP contribution in [0.4, 0.5) is 0 Å². The quantitative estimate of drug-likeness (QED) is 0.803. The highest BCUT2D eigenvalue weighted by molar-refractivity contribution is 6.05. The molecule has 2 fully saturated rings. The molecule has 3 rings (SSSR count). The summed E-state index contributed by atoms with van der Waals surface area (Å²) in [5.74, 6) is -0.471. The lowest BCUT2D eigenvalue weighted by atomic mass is 10.00. The van der Waals surface area contributed by atoms with Gasteiger partial charge in [0.1, 0.15) is 0 Å². The number of ether oxygens (including phenoxy) is 1. The van der Waals surface area contributed by atoms with Crippen LogP contribution in [0, 0.1) is 11.8 Å². The van der Waals surface area contributed by atoms with Gasteiger partial charge >= 0.3 is 0 Å². The second-order valence-corrected chi connectivity index (χ2v) is 6.46. The normalized spacial score (nSPS) is 32.0. The molecule has 22 heavy (non-hydrogen) atoms. The molecule has 0 aromatic heterocycles. The van der Waals surface area contributed by atoms with Gasteiger partial charge in [0.2, 0.25) is 11.8 Å². The summed E-state index contributed by atoms with van der Waals surface area (Å²) in [5, 5.41) is 0. The van der Waals surface area contributed by atoms with Crippen molar-refractivity contribution in [2.45, 2.75) is 51.9 Å². The molecule has 2 amide bonds. The van der Waals surface area contributed by atoms with Gasteiger partial charge in [-0.1, -0.05) is 44.2 Å². The summed E-state index contributed by atoms with van der Waals surface area (Å²) in [4.78, 5) is 26.3. The summed E-state index contributed by atoms with van der Waals surface area (Å²) in [6.07, 6.45) is 2.74. The van der Waals surface area contributed by atoms with Crippen molar-refractivity contribution in [2.75, 3.05) is 0 Å². The molecule has 1 saturated carbocycles. The van der Waals surface area contributed by atoms with E-state index in [9.17, 15) is 9.59 Å². The summed E-state index contributed by atoms with van der Waals surface area (Å²) in [6, 6.07) is 9.92. The van der Waals surface area contributed by atoms with Gasteiger partial charge in [0.15, 0.2) is 0 Å². The molecule has 0 spiro atoms. The Morgan fingerprint density at radius 3 is 2.32 bits per heavy atom. The standard InChI is InChI=1S/C18H23NO3/c1-12-13(2)18(21)19(17(12)20)15-9-6-10-16(15)22-11-14-7-4-3-5-8-14/h3-5,7-8,12-13,15-16H,6,9-11H2,1-2H3/t12?,13?,15-,16-/m1/s1. The van der Waals surface area contributed by atoms with Crippen LogP contribution in [-0.4, -0.2) is 28.9 Å². The fourth-order valence-corrected chi connectivity index (χ4v) is 3.48. The number of hydrogen-bond acceptors (Lipinski definition) is 3. The maximum absolute atomic E-state index is 12.4. The first-order valence-corrected chi connectivity index (χ1v) is 8.12. The van der Waals surface area contributed by atoms with E-state index in [4.69, 9.17) is 4.74 Å². The molecule has 4 heteroatoms. The van der Waals surface area contributed by atoms with Crippen LogP contribution in [0.5, 0.6) is 0 Å². The van der Waals surface area contributed by atoms with Gasteiger partial charge < -0.3 is 4.74 Å². The van der Waals surface area contributed by atoms with Crippen LogP contribution < -0.4 is 0 Å². The highest BCUT2D eigenvalue weighted by atomic mass is 16.5. The number of hydrogen-bond donors (Lipinski definition) is 0. The Labute approximate surface area is 131 Å². The monoisotopic (exact) mass is 301 g/mol. The van der Waals surface area contributed by atoms with E-state index in [1.165, 1.54) is 4.90 Å². The van der Waals surface area contributed by atoms with Gasteiger partial charge in [-0.15, -0.1) is 0 Å². The summed E-state index contributed by atoms with van der Waals surface area (Å²) < 4.78 is 6.04. The minimum absolute atomic E-state index is 0.0299. The third-order valence-corrected chi connectivity index (χ3v) is 5.06. The molecule has 1 aliphatic carbocycles. The smallest absolute Gasteiger partial charge is 0.233 e. The zero-order valence-corrected chi connectivity index (χ0v) is 13.2. The molecule has 0 radical (unpaired) electrons. The second kappa shape index (κ2) is 6.21. The molecular formula is C18H23NO3. The SMILES string of the molecule is CC1C(=O)N([C@@H]2CCC[C@H]2OCc2ccccc2)C(=O)C1C. The average molecular weight is 301 g/mol. The highest BCUT2D eigenvalue weighted by Crippen LogP contribution is 2.35. The van der Waals surface area contributed by atoms with Crippen LogP contribution >= 0.6 is 0 Å². The van der Waals surface area contributed by atoms with Crippen molar-refractivity contribution >= 4 is 11.8 Å². The second-order valence-electron chi connectivity index (χ2n) is 6.46. The van der Waals surface area contributed by atoms with Crippen molar-refractivity contribution in [3.8, 4) is 0 Å². The molecule has 1 saturated heterocycles. The number of carbonyl (C=O) groups is 2. The molecule has 4 atom stereocenters. The van der Waals surface area contributed by atoms with E-state index in [0.717, 1.165) is 24.8 Å². The van der Waals surface area contributed by atoms with Gasteiger partial charge in [0.25, 0.3) is 0 Å². The number of amides is 2. The predicted molar refractivity (Wildman–Crippen MR) is 82.8 cm³/mol. The Morgan fingerprint density at radius 2 is 1.68 bits per heavy atom. The van der Waals surface area contributed by atoms with Crippen molar-refractivity contribution in [1.29, 1.82) is 0 Å². The van der Waals surface area contributed by atoms with E-state index in [2.05, 4.69) is 0 Å². The van der Waals surface area contributed by atoms with Gasteiger partial charge in [-0.2, -0.15) is 0 Å². The van der Waals surface area contributed by atoms with Crippen LogP contribution in [0.1, 0.15) is 38.7 Å². The van der Waals surface area contributed by atoms with E-state index in [1.807, 2.05) is 44.2 Å². The molecule has 1 aromatic carbocycles. The van der Waals surface area contributed by atoms with Crippen LogP contribution in [0.2, 0.25) is 0 Å². The van der Waals surface area contributed by atoms with E-state index in [0.29, 0.717) is 6.61 Å². The van der Waals surface area contributed by atoms with Gasteiger partial charge in [-0.05, 0) is 24.8 Å². The van der Waals surface area contributed by atoms with E-state index in [-0.39, 0.29) is 35.8 Å². The van der Waals surface area contributed by atoms with Crippen molar-refractivity contribution in [3.63, 3.8) is 0 Å².